The van der Waals surface area contributed by atoms with Crippen LogP contribution in [0.5, 0.6) is 0 Å². The lowest BCUT2D eigenvalue weighted by Gasteiger charge is -2.48. The van der Waals surface area contributed by atoms with Crippen LogP contribution in [-0.4, -0.2) is 37.8 Å². The molecule has 0 bridgehead atoms. The zero-order valence-electron chi connectivity index (χ0n) is 13.4. The van der Waals surface area contributed by atoms with E-state index < -0.39 is 0 Å². The molecule has 2 aliphatic heterocycles. The van der Waals surface area contributed by atoms with Gasteiger partial charge in [0.05, 0.1) is 6.04 Å². The molecule has 1 unspecified atom stereocenters. The molecular formula is C15H25N5O. The molecular weight excluding hydrogens is 266 g/mol. The molecule has 2 amide bonds. The van der Waals surface area contributed by atoms with Gasteiger partial charge in [0.1, 0.15) is 5.82 Å². The van der Waals surface area contributed by atoms with E-state index in [9.17, 15) is 4.79 Å². The molecule has 6 nitrogen and oxygen atoms in total. The fourth-order valence-corrected chi connectivity index (χ4v) is 3.19. The topological polar surface area (TPSA) is 63.1 Å². The van der Waals surface area contributed by atoms with E-state index in [1.165, 1.54) is 0 Å². The van der Waals surface area contributed by atoms with Crippen LogP contribution in [0.1, 0.15) is 58.2 Å². The monoisotopic (exact) mass is 291 g/mol. The highest BCUT2D eigenvalue weighted by Crippen LogP contribution is 2.31. The van der Waals surface area contributed by atoms with Crippen molar-refractivity contribution in [2.45, 2.75) is 65.1 Å². The second-order valence-corrected chi connectivity index (χ2v) is 7.11. The van der Waals surface area contributed by atoms with Crippen molar-refractivity contribution in [3.63, 3.8) is 0 Å². The Kier molecular flexibility index (Phi) is 3.42. The molecule has 1 aromatic heterocycles. The van der Waals surface area contributed by atoms with Crippen LogP contribution in [0.4, 0.5) is 4.79 Å². The van der Waals surface area contributed by atoms with E-state index in [4.69, 9.17) is 0 Å². The summed E-state index contributed by atoms with van der Waals surface area (Å²) in [4.78, 5) is 14.4. The molecule has 1 atom stereocenters. The minimum absolute atomic E-state index is 0.0142. The van der Waals surface area contributed by atoms with Crippen LogP contribution in [0.15, 0.2) is 0 Å². The van der Waals surface area contributed by atoms with Crippen molar-refractivity contribution in [3.05, 3.63) is 11.6 Å². The number of amides is 2. The summed E-state index contributed by atoms with van der Waals surface area (Å²) in [5, 5.41) is 11.8. The lowest BCUT2D eigenvalue weighted by Crippen LogP contribution is -2.61. The molecule has 3 heterocycles. The van der Waals surface area contributed by atoms with Gasteiger partial charge in [-0.3, -0.25) is 0 Å². The summed E-state index contributed by atoms with van der Waals surface area (Å²) in [5.74, 6) is 2.24. The van der Waals surface area contributed by atoms with Crippen molar-refractivity contribution in [1.82, 2.24) is 25.0 Å². The Morgan fingerprint density at radius 3 is 2.62 bits per heavy atom. The number of nitrogens with one attached hydrogen (secondary N) is 1. The number of rotatable bonds is 3. The molecule has 1 aromatic rings. The quantitative estimate of drug-likeness (QED) is 0.927. The van der Waals surface area contributed by atoms with Crippen LogP contribution in [-0.2, 0) is 13.0 Å². The highest BCUT2D eigenvalue weighted by molar-refractivity contribution is 5.76. The van der Waals surface area contributed by atoms with Crippen LogP contribution >= 0.6 is 0 Å². The number of aromatic nitrogens is 3. The molecule has 1 fully saturated rings. The van der Waals surface area contributed by atoms with Crippen LogP contribution < -0.4 is 5.32 Å². The minimum atomic E-state index is -0.0757. The summed E-state index contributed by atoms with van der Waals surface area (Å²) in [7, 11) is 0. The van der Waals surface area contributed by atoms with Crippen molar-refractivity contribution >= 4 is 6.03 Å². The predicted octanol–water partition coefficient (Wildman–Crippen LogP) is 2.12. The first-order valence-electron chi connectivity index (χ1n) is 7.90. The summed E-state index contributed by atoms with van der Waals surface area (Å²) < 4.78 is 2.17. The molecule has 0 radical (unpaired) electrons. The Balaban J connectivity index is 1.78. The van der Waals surface area contributed by atoms with Gasteiger partial charge in [-0.05, 0) is 32.6 Å². The number of nitrogens with zero attached hydrogens (tertiary/aromatic N) is 4. The molecule has 3 rings (SSSR count). The third-order valence-electron chi connectivity index (χ3n) is 4.78. The SMILES string of the molecule is CC(C)C(NC(=O)N1CCC1(C)C)c1nnc2n1CCC2. The highest BCUT2D eigenvalue weighted by Gasteiger charge is 2.40. The maximum Gasteiger partial charge on any atom is 0.318 e. The maximum absolute atomic E-state index is 12.5. The largest absolute Gasteiger partial charge is 0.328 e. The highest BCUT2D eigenvalue weighted by atomic mass is 16.2. The fourth-order valence-electron chi connectivity index (χ4n) is 3.19. The number of fused-ring (bicyclic) bond motifs is 1. The Bertz CT molecular complexity index is 548. The van der Waals surface area contributed by atoms with Gasteiger partial charge in [-0.1, -0.05) is 13.8 Å². The number of likely N-dealkylation sites (tertiary alicyclic amines) is 1. The van der Waals surface area contributed by atoms with Crippen LogP contribution in [0.2, 0.25) is 0 Å². The van der Waals surface area contributed by atoms with Gasteiger partial charge in [0.2, 0.25) is 0 Å². The van der Waals surface area contributed by atoms with Gasteiger partial charge in [0, 0.05) is 25.0 Å². The van der Waals surface area contributed by atoms with Crippen LogP contribution in [0, 0.1) is 5.92 Å². The number of aryl methyl sites for hydroxylation is 1. The van der Waals surface area contributed by atoms with E-state index in [-0.39, 0.29) is 23.5 Å². The van der Waals surface area contributed by atoms with Gasteiger partial charge >= 0.3 is 6.03 Å². The molecule has 0 aromatic carbocycles. The molecule has 116 valence electrons. The standard InChI is InChI=1S/C15H25N5O/c1-10(2)12(13-18-17-11-6-5-8-19(11)13)16-14(21)20-9-7-15(20,3)4/h10,12H,5-9H2,1-4H3,(H,16,21). The van der Waals surface area contributed by atoms with Crippen LogP contribution in [0.3, 0.4) is 0 Å². The van der Waals surface area contributed by atoms with Gasteiger partial charge in [-0.15, -0.1) is 10.2 Å². The lowest BCUT2D eigenvalue weighted by atomic mass is 9.89. The molecule has 6 heteroatoms. The van der Waals surface area contributed by atoms with E-state index in [0.717, 1.165) is 44.0 Å². The summed E-state index contributed by atoms with van der Waals surface area (Å²) >= 11 is 0. The van der Waals surface area contributed by atoms with E-state index in [1.807, 2.05) is 4.90 Å². The average Bonchev–Trinajstić information content (AvgIpc) is 2.97. The number of carbonyl (C=O) groups excluding carboxylic acids is 1. The Hall–Kier alpha value is -1.59. The van der Waals surface area contributed by atoms with Crippen molar-refractivity contribution < 1.29 is 4.79 Å². The summed E-state index contributed by atoms with van der Waals surface area (Å²) in [6.07, 6.45) is 3.17. The first-order chi connectivity index (χ1) is 9.90. The van der Waals surface area contributed by atoms with Crippen molar-refractivity contribution in [1.29, 1.82) is 0 Å². The van der Waals surface area contributed by atoms with Crippen molar-refractivity contribution in [2.24, 2.45) is 5.92 Å². The third-order valence-corrected chi connectivity index (χ3v) is 4.78. The summed E-state index contributed by atoms with van der Waals surface area (Å²) in [6.45, 7) is 10.2. The summed E-state index contributed by atoms with van der Waals surface area (Å²) in [5.41, 5.74) is -0.0294. The normalized spacial score (nSPS) is 21.1. The van der Waals surface area contributed by atoms with Gasteiger partial charge in [0.15, 0.2) is 5.82 Å². The smallest absolute Gasteiger partial charge is 0.318 e. The third kappa shape index (κ3) is 2.40. The fraction of sp³-hybridized carbons (Fsp3) is 0.800. The van der Waals surface area contributed by atoms with E-state index in [0.29, 0.717) is 0 Å². The Morgan fingerprint density at radius 2 is 2.05 bits per heavy atom. The number of hydrogen-bond donors (Lipinski definition) is 1. The predicted molar refractivity (Wildman–Crippen MR) is 79.9 cm³/mol. The molecule has 21 heavy (non-hydrogen) atoms. The lowest BCUT2D eigenvalue weighted by molar-refractivity contribution is 0.0503. The number of urea groups is 1. The summed E-state index contributed by atoms with van der Waals surface area (Å²) in [6, 6.07) is -0.0615. The van der Waals surface area contributed by atoms with Gasteiger partial charge in [0.25, 0.3) is 0 Å². The Morgan fingerprint density at radius 1 is 1.29 bits per heavy atom. The second-order valence-electron chi connectivity index (χ2n) is 7.11. The van der Waals surface area contributed by atoms with Gasteiger partial charge in [-0.25, -0.2) is 4.79 Å². The average molecular weight is 291 g/mol. The van der Waals surface area contributed by atoms with Gasteiger partial charge in [-0.2, -0.15) is 0 Å². The minimum Gasteiger partial charge on any atom is -0.328 e. The Labute approximate surface area is 125 Å². The first-order valence-corrected chi connectivity index (χ1v) is 7.90. The zero-order chi connectivity index (χ0) is 15.2. The van der Waals surface area contributed by atoms with E-state index in [1.54, 1.807) is 0 Å². The maximum atomic E-state index is 12.5. The molecule has 0 aliphatic carbocycles. The molecule has 0 saturated carbocycles. The second kappa shape index (κ2) is 5.00. The number of carbonyl (C=O) groups is 1. The van der Waals surface area contributed by atoms with Crippen LogP contribution in [0.25, 0.3) is 0 Å². The number of hydrogen-bond acceptors (Lipinski definition) is 3. The molecule has 0 spiro atoms. The zero-order valence-corrected chi connectivity index (χ0v) is 13.4. The van der Waals surface area contributed by atoms with Crippen molar-refractivity contribution in [3.8, 4) is 0 Å². The molecule has 2 aliphatic rings. The van der Waals surface area contributed by atoms with E-state index >= 15 is 0 Å². The van der Waals surface area contributed by atoms with Crippen molar-refractivity contribution in [2.75, 3.05) is 6.54 Å². The first kappa shape index (κ1) is 14.4. The van der Waals surface area contributed by atoms with Gasteiger partial charge < -0.3 is 14.8 Å². The van der Waals surface area contributed by atoms with E-state index in [2.05, 4.69) is 47.8 Å². The molecule has 1 N–H and O–H groups in total. The molecule has 1 saturated heterocycles.